The van der Waals surface area contributed by atoms with E-state index in [1.165, 1.54) is 7.05 Å². The molecule has 18 heavy (non-hydrogen) atoms. The second-order valence-electron chi connectivity index (χ2n) is 4.03. The topological polar surface area (TPSA) is 61.4 Å². The molecule has 0 aliphatic rings. The predicted octanol–water partition coefficient (Wildman–Crippen LogP) is 0.958. The summed E-state index contributed by atoms with van der Waals surface area (Å²) in [6.07, 6.45) is 0. The first-order chi connectivity index (χ1) is 8.51. The van der Waals surface area contributed by atoms with Gasteiger partial charge >= 0.3 is 0 Å². The van der Waals surface area contributed by atoms with Crippen LogP contribution in [-0.4, -0.2) is 47.0 Å². The Morgan fingerprint density at radius 3 is 2.56 bits per heavy atom. The zero-order valence-electron chi connectivity index (χ0n) is 11.1. The van der Waals surface area contributed by atoms with Crippen LogP contribution < -0.4 is 10.0 Å². The molecule has 1 aromatic carbocycles. The maximum atomic E-state index is 11.8. The molecule has 1 rings (SSSR count). The summed E-state index contributed by atoms with van der Waals surface area (Å²) < 4.78 is 26.0. The molecule has 0 aromatic heterocycles. The largest absolute Gasteiger partial charge is 0.383 e. The number of nitrogens with one attached hydrogen (secondary N) is 2. The Morgan fingerprint density at radius 2 is 1.94 bits per heavy atom. The van der Waals surface area contributed by atoms with E-state index in [-0.39, 0.29) is 4.90 Å². The average molecular weight is 271 g/mol. The Hall–Kier alpha value is -1.11. The normalized spacial score (nSPS) is 11.8. The third-order valence-corrected chi connectivity index (χ3v) is 4.27. The molecule has 5 nitrogen and oxygen atoms in total. The lowest BCUT2D eigenvalue weighted by atomic mass is 10.3. The zero-order chi connectivity index (χ0) is 13.6. The van der Waals surface area contributed by atoms with Gasteiger partial charge in [-0.15, -0.1) is 0 Å². The summed E-state index contributed by atoms with van der Waals surface area (Å²) in [5, 5.41) is 3.16. The van der Waals surface area contributed by atoms with Crippen molar-refractivity contribution in [3.8, 4) is 0 Å². The van der Waals surface area contributed by atoms with Gasteiger partial charge in [-0.25, -0.2) is 13.1 Å². The highest BCUT2D eigenvalue weighted by Gasteiger charge is 2.15. The Balaban J connectivity index is 2.78. The Kier molecular flexibility index (Phi) is 5.58. The smallest absolute Gasteiger partial charge is 0.242 e. The molecule has 0 atom stereocenters. The summed E-state index contributed by atoms with van der Waals surface area (Å²) in [7, 11) is 0.0282. The minimum atomic E-state index is -3.41. The van der Waals surface area contributed by atoms with Gasteiger partial charge in [0.25, 0.3) is 0 Å². The molecular formula is C12H21N3O2S. The van der Waals surface area contributed by atoms with Crippen molar-refractivity contribution in [2.24, 2.45) is 0 Å². The molecule has 102 valence electrons. The molecule has 0 unspecified atom stereocenters. The van der Waals surface area contributed by atoms with Crippen LogP contribution in [0, 0.1) is 0 Å². The third kappa shape index (κ3) is 3.97. The van der Waals surface area contributed by atoms with Gasteiger partial charge in [-0.3, -0.25) is 0 Å². The summed E-state index contributed by atoms with van der Waals surface area (Å²) in [6.45, 7) is 4.63. The first kappa shape index (κ1) is 14.9. The second kappa shape index (κ2) is 6.72. The number of hydrogen-bond donors (Lipinski definition) is 2. The van der Waals surface area contributed by atoms with Crippen LogP contribution in [0.4, 0.5) is 5.69 Å². The van der Waals surface area contributed by atoms with Crippen molar-refractivity contribution in [3.05, 3.63) is 24.3 Å². The lowest BCUT2D eigenvalue weighted by molar-refractivity contribution is 0.367. The van der Waals surface area contributed by atoms with Crippen molar-refractivity contribution in [1.29, 1.82) is 0 Å². The molecule has 0 aliphatic heterocycles. The van der Waals surface area contributed by atoms with Crippen LogP contribution in [0.25, 0.3) is 0 Å². The molecule has 0 heterocycles. The number of para-hydroxylation sites is 1. The summed E-state index contributed by atoms with van der Waals surface area (Å²) in [5.74, 6) is 0. The van der Waals surface area contributed by atoms with Crippen LogP contribution in [0.3, 0.4) is 0 Å². The fourth-order valence-electron chi connectivity index (χ4n) is 1.50. The van der Waals surface area contributed by atoms with E-state index in [2.05, 4.69) is 21.9 Å². The molecule has 2 N–H and O–H groups in total. The Morgan fingerprint density at radius 1 is 1.28 bits per heavy atom. The quantitative estimate of drug-likeness (QED) is 0.775. The fourth-order valence-corrected chi connectivity index (χ4v) is 2.40. The lowest BCUT2D eigenvalue weighted by Crippen LogP contribution is -2.26. The van der Waals surface area contributed by atoms with Crippen LogP contribution in [0.1, 0.15) is 6.92 Å². The Labute approximate surface area is 109 Å². The van der Waals surface area contributed by atoms with Gasteiger partial charge in [0.05, 0.1) is 5.69 Å². The van der Waals surface area contributed by atoms with E-state index >= 15 is 0 Å². The summed E-state index contributed by atoms with van der Waals surface area (Å²) in [5.41, 5.74) is 0.636. The number of likely N-dealkylation sites (N-methyl/N-ethyl adjacent to an activating group) is 1. The minimum absolute atomic E-state index is 0.284. The van der Waals surface area contributed by atoms with Crippen molar-refractivity contribution in [3.63, 3.8) is 0 Å². The fraction of sp³-hybridized carbons (Fsp3) is 0.500. The number of nitrogens with zero attached hydrogens (tertiary/aromatic N) is 1. The van der Waals surface area contributed by atoms with E-state index in [1.54, 1.807) is 18.2 Å². The molecule has 0 bridgehead atoms. The molecular weight excluding hydrogens is 250 g/mol. The van der Waals surface area contributed by atoms with Gasteiger partial charge in [-0.05, 0) is 32.8 Å². The molecule has 6 heteroatoms. The molecule has 0 saturated heterocycles. The monoisotopic (exact) mass is 271 g/mol. The lowest BCUT2D eigenvalue weighted by Gasteiger charge is -2.16. The first-order valence-corrected chi connectivity index (χ1v) is 7.44. The van der Waals surface area contributed by atoms with Gasteiger partial charge in [-0.1, -0.05) is 19.1 Å². The maximum absolute atomic E-state index is 11.8. The van der Waals surface area contributed by atoms with E-state index < -0.39 is 10.0 Å². The molecule has 0 aliphatic carbocycles. The van der Waals surface area contributed by atoms with Crippen LogP contribution in [0.5, 0.6) is 0 Å². The third-order valence-electron chi connectivity index (χ3n) is 2.79. The average Bonchev–Trinajstić information content (AvgIpc) is 2.39. The van der Waals surface area contributed by atoms with E-state index in [1.807, 2.05) is 13.1 Å². The highest BCUT2D eigenvalue weighted by Crippen LogP contribution is 2.19. The number of anilines is 1. The van der Waals surface area contributed by atoms with E-state index in [9.17, 15) is 8.42 Å². The molecule has 0 amide bonds. The van der Waals surface area contributed by atoms with E-state index in [4.69, 9.17) is 0 Å². The van der Waals surface area contributed by atoms with E-state index in [0.717, 1.165) is 13.1 Å². The van der Waals surface area contributed by atoms with Crippen LogP contribution in [0.15, 0.2) is 29.2 Å². The van der Waals surface area contributed by atoms with E-state index in [0.29, 0.717) is 12.2 Å². The van der Waals surface area contributed by atoms with Crippen molar-refractivity contribution in [2.75, 3.05) is 39.0 Å². The molecule has 0 spiro atoms. The first-order valence-electron chi connectivity index (χ1n) is 5.96. The minimum Gasteiger partial charge on any atom is -0.383 e. The summed E-state index contributed by atoms with van der Waals surface area (Å²) in [4.78, 5) is 2.44. The highest BCUT2D eigenvalue weighted by molar-refractivity contribution is 7.89. The summed E-state index contributed by atoms with van der Waals surface area (Å²) >= 11 is 0. The standard InChI is InChI=1S/C12H21N3O2S/c1-4-15(3)10-9-14-11-7-5-6-8-12(11)18(16,17)13-2/h5-8,13-14H,4,9-10H2,1-3H3. The Bertz CT molecular complexity index is 474. The maximum Gasteiger partial charge on any atom is 0.242 e. The van der Waals surface area contributed by atoms with Gasteiger partial charge in [0, 0.05) is 13.1 Å². The van der Waals surface area contributed by atoms with Crippen molar-refractivity contribution >= 4 is 15.7 Å². The molecule has 0 radical (unpaired) electrons. The number of sulfonamides is 1. The molecule has 1 aromatic rings. The zero-order valence-corrected chi connectivity index (χ0v) is 11.9. The number of rotatable bonds is 7. The van der Waals surface area contributed by atoms with Crippen molar-refractivity contribution in [1.82, 2.24) is 9.62 Å². The SMILES string of the molecule is CCN(C)CCNc1ccccc1S(=O)(=O)NC. The van der Waals surface area contributed by atoms with Crippen LogP contribution in [0.2, 0.25) is 0 Å². The van der Waals surface area contributed by atoms with Gasteiger partial charge in [-0.2, -0.15) is 0 Å². The number of hydrogen-bond acceptors (Lipinski definition) is 4. The van der Waals surface area contributed by atoms with Crippen LogP contribution in [-0.2, 0) is 10.0 Å². The molecule has 0 saturated carbocycles. The van der Waals surface area contributed by atoms with Gasteiger partial charge < -0.3 is 10.2 Å². The van der Waals surface area contributed by atoms with Crippen LogP contribution >= 0.6 is 0 Å². The van der Waals surface area contributed by atoms with Gasteiger partial charge in [0.1, 0.15) is 4.90 Å². The predicted molar refractivity (Wildman–Crippen MR) is 74.3 cm³/mol. The van der Waals surface area contributed by atoms with Gasteiger partial charge in [0.2, 0.25) is 10.0 Å². The van der Waals surface area contributed by atoms with Gasteiger partial charge in [0.15, 0.2) is 0 Å². The molecule has 0 fully saturated rings. The second-order valence-corrected chi connectivity index (χ2v) is 5.88. The number of benzene rings is 1. The summed E-state index contributed by atoms with van der Waals surface area (Å²) in [6, 6.07) is 6.90. The highest BCUT2D eigenvalue weighted by atomic mass is 32.2. The van der Waals surface area contributed by atoms with Crippen molar-refractivity contribution < 1.29 is 8.42 Å². The van der Waals surface area contributed by atoms with Crippen molar-refractivity contribution in [2.45, 2.75) is 11.8 Å².